The summed E-state index contributed by atoms with van der Waals surface area (Å²) in [5.41, 5.74) is 0. The quantitative estimate of drug-likeness (QED) is 0.865. The third kappa shape index (κ3) is 3.68. The fourth-order valence-electron chi connectivity index (χ4n) is 1.91. The third-order valence-electron chi connectivity index (χ3n) is 2.98. The van der Waals surface area contributed by atoms with Crippen molar-refractivity contribution in [3.8, 4) is 6.01 Å². The number of rotatable bonds is 5. The average molecular weight is 303 g/mol. The van der Waals surface area contributed by atoms with E-state index < -0.39 is 0 Å². The lowest BCUT2D eigenvalue weighted by Gasteiger charge is -2.37. The standard InChI is InChI=1S/C12H19ClN4O3/c1-3-4-19-12-15-10(13)14-11(16-12)17-5-9(6-18)20-7-8(17)2/h8-9,18H,3-7H2,1-2H3. The van der Waals surface area contributed by atoms with Gasteiger partial charge in [0.2, 0.25) is 11.2 Å². The molecule has 1 saturated heterocycles. The van der Waals surface area contributed by atoms with E-state index in [1.54, 1.807) is 0 Å². The molecule has 0 amide bonds. The SMILES string of the molecule is CCCOc1nc(Cl)nc(N2CC(CO)OCC2C)n1. The van der Waals surface area contributed by atoms with E-state index in [2.05, 4.69) is 15.0 Å². The molecule has 1 aliphatic rings. The molecule has 1 N–H and O–H groups in total. The number of aliphatic hydroxyl groups excluding tert-OH is 1. The molecule has 2 unspecified atom stereocenters. The maximum absolute atomic E-state index is 9.21. The monoisotopic (exact) mass is 302 g/mol. The van der Waals surface area contributed by atoms with Crippen LogP contribution in [-0.4, -0.2) is 58.6 Å². The van der Waals surface area contributed by atoms with Gasteiger partial charge in [-0.3, -0.25) is 0 Å². The second-order valence-corrected chi connectivity index (χ2v) is 5.01. The summed E-state index contributed by atoms with van der Waals surface area (Å²) in [6.45, 7) is 5.49. The second kappa shape index (κ2) is 7.01. The van der Waals surface area contributed by atoms with Gasteiger partial charge in [-0.15, -0.1) is 0 Å². The lowest BCUT2D eigenvalue weighted by molar-refractivity contribution is -0.0108. The van der Waals surface area contributed by atoms with Crippen LogP contribution < -0.4 is 9.64 Å². The van der Waals surface area contributed by atoms with E-state index in [1.807, 2.05) is 18.7 Å². The summed E-state index contributed by atoms with van der Waals surface area (Å²) in [6.07, 6.45) is 0.612. The van der Waals surface area contributed by atoms with Gasteiger partial charge in [-0.25, -0.2) is 0 Å². The normalized spacial score (nSPS) is 22.9. The molecule has 1 aromatic heterocycles. The molecule has 0 aromatic carbocycles. The van der Waals surface area contributed by atoms with Crippen LogP contribution in [0.25, 0.3) is 0 Å². The van der Waals surface area contributed by atoms with Gasteiger partial charge in [0.15, 0.2) is 0 Å². The highest BCUT2D eigenvalue weighted by atomic mass is 35.5. The van der Waals surface area contributed by atoms with Crippen molar-refractivity contribution in [1.82, 2.24) is 15.0 Å². The Hall–Kier alpha value is -1.18. The molecule has 0 spiro atoms. The first-order valence-electron chi connectivity index (χ1n) is 6.67. The molecule has 0 saturated carbocycles. The first kappa shape index (κ1) is 15.2. The summed E-state index contributed by atoms with van der Waals surface area (Å²) in [5, 5.41) is 9.31. The number of hydrogen-bond acceptors (Lipinski definition) is 7. The van der Waals surface area contributed by atoms with Crippen LogP contribution in [0.2, 0.25) is 5.28 Å². The number of hydrogen-bond donors (Lipinski definition) is 1. The molecule has 2 heterocycles. The molecule has 2 rings (SSSR count). The molecule has 7 nitrogen and oxygen atoms in total. The van der Waals surface area contributed by atoms with Crippen LogP contribution in [0.4, 0.5) is 5.95 Å². The zero-order valence-electron chi connectivity index (χ0n) is 11.6. The van der Waals surface area contributed by atoms with Gasteiger partial charge in [0.1, 0.15) is 0 Å². The van der Waals surface area contributed by atoms with Crippen molar-refractivity contribution in [2.24, 2.45) is 0 Å². The van der Waals surface area contributed by atoms with E-state index in [0.29, 0.717) is 25.7 Å². The summed E-state index contributed by atoms with van der Waals surface area (Å²) in [4.78, 5) is 14.3. The Balaban J connectivity index is 2.19. The molecule has 0 aliphatic carbocycles. The second-order valence-electron chi connectivity index (χ2n) is 4.67. The largest absolute Gasteiger partial charge is 0.463 e. The van der Waals surface area contributed by atoms with Crippen molar-refractivity contribution in [2.75, 3.05) is 31.3 Å². The van der Waals surface area contributed by atoms with Crippen LogP contribution in [0.5, 0.6) is 6.01 Å². The van der Waals surface area contributed by atoms with Gasteiger partial charge in [-0.1, -0.05) is 6.92 Å². The van der Waals surface area contributed by atoms with E-state index in [0.717, 1.165) is 6.42 Å². The number of nitrogens with zero attached hydrogens (tertiary/aromatic N) is 4. The van der Waals surface area contributed by atoms with E-state index in [1.165, 1.54) is 0 Å². The predicted molar refractivity (Wildman–Crippen MR) is 74.3 cm³/mol. The van der Waals surface area contributed by atoms with E-state index >= 15 is 0 Å². The minimum atomic E-state index is -0.248. The van der Waals surface area contributed by atoms with Crippen molar-refractivity contribution >= 4 is 17.5 Å². The zero-order chi connectivity index (χ0) is 14.5. The highest BCUT2D eigenvalue weighted by molar-refractivity contribution is 6.28. The maximum atomic E-state index is 9.21. The van der Waals surface area contributed by atoms with Crippen LogP contribution in [0.3, 0.4) is 0 Å². The molecule has 1 fully saturated rings. The van der Waals surface area contributed by atoms with Gasteiger partial charge in [0, 0.05) is 6.54 Å². The van der Waals surface area contributed by atoms with Crippen LogP contribution in [0.15, 0.2) is 0 Å². The molecular formula is C12H19ClN4O3. The van der Waals surface area contributed by atoms with Gasteiger partial charge in [0.05, 0.1) is 32.0 Å². The highest BCUT2D eigenvalue weighted by Crippen LogP contribution is 2.21. The van der Waals surface area contributed by atoms with E-state index in [4.69, 9.17) is 21.1 Å². The summed E-state index contributed by atoms with van der Waals surface area (Å²) >= 11 is 5.92. The van der Waals surface area contributed by atoms with Gasteiger partial charge < -0.3 is 19.5 Å². The summed E-state index contributed by atoms with van der Waals surface area (Å²) in [6, 6.07) is 0.316. The minimum Gasteiger partial charge on any atom is -0.463 e. The summed E-state index contributed by atoms with van der Waals surface area (Å²) < 4.78 is 10.9. The van der Waals surface area contributed by atoms with E-state index in [9.17, 15) is 5.11 Å². The van der Waals surface area contributed by atoms with Crippen molar-refractivity contribution in [3.63, 3.8) is 0 Å². The molecule has 0 bridgehead atoms. The Labute approximate surface area is 122 Å². The molecule has 8 heteroatoms. The van der Waals surface area contributed by atoms with Crippen molar-refractivity contribution in [2.45, 2.75) is 32.4 Å². The lowest BCUT2D eigenvalue weighted by Crippen LogP contribution is -2.50. The first-order valence-corrected chi connectivity index (χ1v) is 7.05. The van der Waals surface area contributed by atoms with Crippen molar-refractivity contribution in [3.05, 3.63) is 5.28 Å². The molecule has 112 valence electrons. The number of anilines is 1. The molecule has 20 heavy (non-hydrogen) atoms. The highest BCUT2D eigenvalue weighted by Gasteiger charge is 2.28. The van der Waals surface area contributed by atoms with Crippen molar-refractivity contribution in [1.29, 1.82) is 0 Å². The number of halogens is 1. The van der Waals surface area contributed by atoms with Crippen LogP contribution in [-0.2, 0) is 4.74 Å². The number of ether oxygens (including phenoxy) is 2. The van der Waals surface area contributed by atoms with Crippen LogP contribution >= 0.6 is 11.6 Å². The Morgan fingerprint density at radius 1 is 1.45 bits per heavy atom. The van der Waals surface area contributed by atoms with Crippen LogP contribution in [0.1, 0.15) is 20.3 Å². The Bertz CT molecular complexity index is 449. The molecule has 1 aromatic rings. The van der Waals surface area contributed by atoms with Gasteiger partial charge in [0.25, 0.3) is 0 Å². The third-order valence-corrected chi connectivity index (χ3v) is 3.15. The van der Waals surface area contributed by atoms with E-state index in [-0.39, 0.29) is 30.0 Å². The molecular weight excluding hydrogens is 284 g/mol. The molecule has 1 aliphatic heterocycles. The average Bonchev–Trinajstić information content (AvgIpc) is 2.45. The number of aliphatic hydroxyl groups is 1. The fourth-order valence-corrected chi connectivity index (χ4v) is 2.06. The Morgan fingerprint density at radius 3 is 2.95 bits per heavy atom. The van der Waals surface area contributed by atoms with Gasteiger partial charge in [-0.05, 0) is 24.9 Å². The molecule has 2 atom stereocenters. The Morgan fingerprint density at radius 2 is 2.25 bits per heavy atom. The summed E-state index contributed by atoms with van der Waals surface area (Å²) in [5.74, 6) is 0.449. The first-order chi connectivity index (χ1) is 9.63. The maximum Gasteiger partial charge on any atom is 0.322 e. The smallest absolute Gasteiger partial charge is 0.322 e. The zero-order valence-corrected chi connectivity index (χ0v) is 12.4. The van der Waals surface area contributed by atoms with Gasteiger partial charge in [-0.2, -0.15) is 15.0 Å². The Kier molecular flexibility index (Phi) is 5.33. The van der Waals surface area contributed by atoms with Crippen LogP contribution in [0, 0.1) is 0 Å². The number of morpholine rings is 1. The van der Waals surface area contributed by atoms with Gasteiger partial charge >= 0.3 is 6.01 Å². The van der Waals surface area contributed by atoms with Crippen molar-refractivity contribution < 1.29 is 14.6 Å². The number of aromatic nitrogens is 3. The minimum absolute atomic E-state index is 0.0404. The summed E-state index contributed by atoms with van der Waals surface area (Å²) in [7, 11) is 0. The fraction of sp³-hybridized carbons (Fsp3) is 0.750. The molecule has 0 radical (unpaired) electrons. The predicted octanol–water partition coefficient (Wildman–Crippen LogP) is 0.900. The topological polar surface area (TPSA) is 80.6 Å². The lowest BCUT2D eigenvalue weighted by atomic mass is 10.2.